The van der Waals surface area contributed by atoms with Gasteiger partial charge in [0.25, 0.3) is 5.91 Å². The van der Waals surface area contributed by atoms with Crippen molar-refractivity contribution in [3.63, 3.8) is 0 Å². The molecule has 1 aromatic rings. The lowest BCUT2D eigenvalue weighted by molar-refractivity contribution is 0.0783. The number of carbonyl (C=O) groups excluding carboxylic acids is 1. The molecule has 0 aliphatic carbocycles. The van der Waals surface area contributed by atoms with Gasteiger partial charge in [0.1, 0.15) is 5.75 Å². The van der Waals surface area contributed by atoms with Crippen LogP contribution in [0.5, 0.6) is 5.75 Å². The van der Waals surface area contributed by atoms with Crippen molar-refractivity contribution in [2.75, 3.05) is 14.2 Å². The van der Waals surface area contributed by atoms with Crippen LogP contribution in [0.2, 0.25) is 0 Å². The van der Waals surface area contributed by atoms with Crippen molar-refractivity contribution in [3.05, 3.63) is 16.3 Å². The minimum atomic E-state index is -0.254. The molecule has 1 amide bonds. The van der Waals surface area contributed by atoms with Gasteiger partial charge in [-0.2, -0.15) is 0 Å². The molecule has 2 N–H and O–H groups in total. The number of methoxy groups -OCH3 is 1. The fraction of sp³-hybridized carbons (Fsp3) is 0.400. The van der Waals surface area contributed by atoms with E-state index in [2.05, 4.69) is 0 Å². The smallest absolute Gasteiger partial charge is 0.264 e. The maximum absolute atomic E-state index is 12.0. The lowest BCUT2D eigenvalue weighted by Crippen LogP contribution is -2.42. The molecule has 0 spiro atoms. The Morgan fingerprint density at radius 3 is 2.75 bits per heavy atom. The van der Waals surface area contributed by atoms with Crippen molar-refractivity contribution in [2.45, 2.75) is 13.0 Å². The highest BCUT2D eigenvalue weighted by atomic mass is 32.1. The zero-order valence-electron chi connectivity index (χ0n) is 9.39. The molecule has 0 aromatic carbocycles. The highest BCUT2D eigenvalue weighted by Gasteiger charge is 2.20. The summed E-state index contributed by atoms with van der Waals surface area (Å²) in [5.74, 6) is 0.582. The molecule has 16 heavy (non-hydrogen) atoms. The largest absolute Gasteiger partial charge is 0.496 e. The molecule has 88 valence electrons. The maximum Gasteiger partial charge on any atom is 0.264 e. The van der Waals surface area contributed by atoms with Crippen LogP contribution < -0.4 is 10.5 Å². The number of hydrogen-bond donors (Lipinski definition) is 1. The predicted molar refractivity (Wildman–Crippen MR) is 69.2 cm³/mol. The van der Waals surface area contributed by atoms with Crippen LogP contribution in [-0.2, 0) is 0 Å². The minimum absolute atomic E-state index is 0.103. The molecular formula is C10H14N2O2S2. The van der Waals surface area contributed by atoms with E-state index in [0.29, 0.717) is 15.6 Å². The molecule has 0 fully saturated rings. The molecule has 1 heterocycles. The van der Waals surface area contributed by atoms with E-state index in [1.54, 1.807) is 32.5 Å². The van der Waals surface area contributed by atoms with Gasteiger partial charge in [0, 0.05) is 18.5 Å². The summed E-state index contributed by atoms with van der Waals surface area (Å²) in [7, 11) is 3.25. The van der Waals surface area contributed by atoms with Crippen LogP contribution in [0, 0.1) is 0 Å². The minimum Gasteiger partial charge on any atom is -0.496 e. The first-order valence-electron chi connectivity index (χ1n) is 4.66. The van der Waals surface area contributed by atoms with Gasteiger partial charge in [0.05, 0.1) is 23.0 Å². The number of likely N-dealkylation sites (N-methyl/N-ethyl adjacent to an activating group) is 1. The molecule has 0 bridgehead atoms. The van der Waals surface area contributed by atoms with Crippen LogP contribution in [0.15, 0.2) is 11.4 Å². The summed E-state index contributed by atoms with van der Waals surface area (Å²) in [6, 6.07) is 1.45. The van der Waals surface area contributed by atoms with Gasteiger partial charge in [-0.05, 0) is 6.92 Å². The summed E-state index contributed by atoms with van der Waals surface area (Å²) in [6.45, 7) is 1.80. The standard InChI is InChI=1S/C10H14N2O2S2/c1-6(9(11)15)12(2)10(13)8-4-7(14-3)5-16-8/h4-6H,1-3H3,(H2,11,15). The van der Waals surface area contributed by atoms with Crippen molar-refractivity contribution in [2.24, 2.45) is 5.73 Å². The van der Waals surface area contributed by atoms with E-state index in [1.165, 1.54) is 16.2 Å². The van der Waals surface area contributed by atoms with E-state index in [-0.39, 0.29) is 11.9 Å². The summed E-state index contributed by atoms with van der Waals surface area (Å²) in [5, 5.41) is 1.78. The second-order valence-electron chi connectivity index (χ2n) is 3.35. The fourth-order valence-corrected chi connectivity index (χ4v) is 2.07. The average Bonchev–Trinajstić information content (AvgIpc) is 2.74. The quantitative estimate of drug-likeness (QED) is 0.832. The van der Waals surface area contributed by atoms with Crippen LogP contribution >= 0.6 is 23.6 Å². The van der Waals surface area contributed by atoms with Crippen LogP contribution in [-0.4, -0.2) is 36.0 Å². The fourth-order valence-electron chi connectivity index (χ4n) is 1.08. The van der Waals surface area contributed by atoms with Gasteiger partial charge < -0.3 is 15.4 Å². The third kappa shape index (κ3) is 2.70. The highest BCUT2D eigenvalue weighted by Crippen LogP contribution is 2.22. The third-order valence-corrected chi connectivity index (χ3v) is 3.57. The summed E-state index contributed by atoms with van der Waals surface area (Å²) < 4.78 is 5.02. The first-order chi connectivity index (χ1) is 7.47. The normalized spacial score (nSPS) is 11.9. The maximum atomic E-state index is 12.0. The summed E-state index contributed by atoms with van der Waals surface area (Å²) >= 11 is 6.19. The Morgan fingerprint density at radius 2 is 2.31 bits per heavy atom. The van der Waals surface area contributed by atoms with Crippen LogP contribution in [0.1, 0.15) is 16.6 Å². The average molecular weight is 258 g/mol. The Morgan fingerprint density at radius 1 is 1.69 bits per heavy atom. The van der Waals surface area contributed by atoms with Gasteiger partial charge >= 0.3 is 0 Å². The van der Waals surface area contributed by atoms with Gasteiger partial charge in [-0.1, -0.05) is 12.2 Å². The number of nitrogens with two attached hydrogens (primary N) is 1. The topological polar surface area (TPSA) is 55.6 Å². The van der Waals surface area contributed by atoms with Gasteiger partial charge in [-0.3, -0.25) is 4.79 Å². The molecule has 6 heteroatoms. The number of thiophene rings is 1. The number of amides is 1. The molecule has 0 saturated heterocycles. The molecule has 1 atom stereocenters. The van der Waals surface area contributed by atoms with E-state index >= 15 is 0 Å². The Hall–Kier alpha value is -1.14. The first kappa shape index (κ1) is 12.9. The second kappa shape index (κ2) is 5.27. The summed E-state index contributed by atoms with van der Waals surface area (Å²) in [5.41, 5.74) is 5.50. The number of rotatable bonds is 4. The molecule has 0 radical (unpaired) electrons. The number of thiocarbonyl (C=S) groups is 1. The van der Waals surface area contributed by atoms with Gasteiger partial charge in [-0.15, -0.1) is 11.3 Å². The van der Waals surface area contributed by atoms with E-state index in [0.717, 1.165) is 0 Å². The van der Waals surface area contributed by atoms with Crippen molar-refractivity contribution in [3.8, 4) is 5.75 Å². The lowest BCUT2D eigenvalue weighted by Gasteiger charge is -2.23. The SMILES string of the molecule is COc1csc(C(=O)N(C)C(C)C(N)=S)c1. The molecule has 1 aromatic heterocycles. The molecule has 1 unspecified atom stereocenters. The summed E-state index contributed by atoms with van der Waals surface area (Å²) in [4.78, 5) is 14.4. The molecule has 0 aliphatic heterocycles. The number of hydrogen-bond acceptors (Lipinski definition) is 4. The third-order valence-electron chi connectivity index (χ3n) is 2.33. The number of nitrogens with zero attached hydrogens (tertiary/aromatic N) is 1. The number of carbonyl (C=O) groups is 1. The number of ether oxygens (including phenoxy) is 1. The Kier molecular flexibility index (Phi) is 4.26. The molecule has 0 saturated carbocycles. The Balaban J connectivity index is 2.81. The monoisotopic (exact) mass is 258 g/mol. The zero-order chi connectivity index (χ0) is 12.3. The Labute approximate surface area is 104 Å². The van der Waals surface area contributed by atoms with Crippen LogP contribution in [0.3, 0.4) is 0 Å². The van der Waals surface area contributed by atoms with Gasteiger partial charge in [0.15, 0.2) is 0 Å². The highest BCUT2D eigenvalue weighted by molar-refractivity contribution is 7.80. The Bertz CT molecular complexity index is 403. The van der Waals surface area contributed by atoms with Gasteiger partial charge in [0.2, 0.25) is 0 Å². The van der Waals surface area contributed by atoms with Crippen LogP contribution in [0.4, 0.5) is 0 Å². The second-order valence-corrected chi connectivity index (χ2v) is 4.73. The molecule has 1 rings (SSSR count). The summed E-state index contributed by atoms with van der Waals surface area (Å²) in [6.07, 6.45) is 0. The van der Waals surface area contributed by atoms with E-state index in [4.69, 9.17) is 22.7 Å². The van der Waals surface area contributed by atoms with Crippen molar-refractivity contribution >= 4 is 34.5 Å². The van der Waals surface area contributed by atoms with Crippen molar-refractivity contribution in [1.82, 2.24) is 4.90 Å². The van der Waals surface area contributed by atoms with Crippen LogP contribution in [0.25, 0.3) is 0 Å². The van der Waals surface area contributed by atoms with Gasteiger partial charge in [-0.25, -0.2) is 0 Å². The first-order valence-corrected chi connectivity index (χ1v) is 5.95. The zero-order valence-corrected chi connectivity index (χ0v) is 11.0. The molecular weight excluding hydrogens is 244 g/mol. The molecule has 0 aliphatic rings. The van der Waals surface area contributed by atoms with Crippen molar-refractivity contribution in [1.29, 1.82) is 0 Å². The lowest BCUT2D eigenvalue weighted by atomic mass is 10.3. The van der Waals surface area contributed by atoms with E-state index in [1.807, 2.05) is 0 Å². The van der Waals surface area contributed by atoms with E-state index < -0.39 is 0 Å². The predicted octanol–water partition coefficient (Wildman–Crippen LogP) is 1.50. The molecule has 4 nitrogen and oxygen atoms in total. The van der Waals surface area contributed by atoms with E-state index in [9.17, 15) is 4.79 Å². The van der Waals surface area contributed by atoms with Crippen molar-refractivity contribution < 1.29 is 9.53 Å².